The Labute approximate surface area is 161 Å². The van der Waals surface area contributed by atoms with Gasteiger partial charge in [-0.3, -0.25) is 23.7 Å². The molecule has 8 heteroatoms. The molecule has 1 atom stereocenters. The van der Waals surface area contributed by atoms with Crippen molar-refractivity contribution < 1.29 is 4.79 Å². The number of fused-ring (bicyclic) bond motifs is 1. The van der Waals surface area contributed by atoms with Crippen molar-refractivity contribution in [3.05, 3.63) is 68.8 Å². The van der Waals surface area contributed by atoms with Crippen LogP contribution in [0.4, 0.5) is 0 Å². The Balaban J connectivity index is 1.80. The Morgan fingerprint density at radius 1 is 1.11 bits per heavy atom. The van der Waals surface area contributed by atoms with Gasteiger partial charge in [0.25, 0.3) is 11.5 Å². The van der Waals surface area contributed by atoms with E-state index in [2.05, 4.69) is 9.97 Å². The summed E-state index contributed by atoms with van der Waals surface area (Å²) in [6, 6.07) is 6.77. The second-order valence-corrected chi connectivity index (χ2v) is 7.06. The van der Waals surface area contributed by atoms with E-state index in [4.69, 9.17) is 0 Å². The van der Waals surface area contributed by atoms with Crippen molar-refractivity contribution in [1.82, 2.24) is 24.0 Å². The molecule has 1 aliphatic heterocycles. The van der Waals surface area contributed by atoms with E-state index in [1.165, 1.54) is 11.6 Å². The molecule has 0 radical (unpaired) electrons. The van der Waals surface area contributed by atoms with Gasteiger partial charge in [-0.15, -0.1) is 0 Å². The quantitative estimate of drug-likeness (QED) is 0.671. The maximum Gasteiger partial charge on any atom is 0.332 e. The zero-order chi connectivity index (χ0) is 19.8. The average molecular weight is 379 g/mol. The fourth-order valence-electron chi connectivity index (χ4n) is 3.79. The zero-order valence-electron chi connectivity index (χ0n) is 15.8. The first-order valence-corrected chi connectivity index (χ1v) is 9.26. The molecule has 28 heavy (non-hydrogen) atoms. The maximum absolute atomic E-state index is 13.0. The van der Waals surface area contributed by atoms with Crippen LogP contribution in [0.15, 0.2) is 46.2 Å². The predicted octanol–water partition coefficient (Wildman–Crippen LogP) is 1.39. The molecule has 3 aromatic heterocycles. The van der Waals surface area contributed by atoms with Gasteiger partial charge >= 0.3 is 5.69 Å². The Bertz CT molecular complexity index is 1170. The average Bonchev–Trinajstić information content (AvgIpc) is 2.76. The standard InChI is InChI=1S/C20H21N5O3/c1-23-17-14(19(27)24(2)20(23)28)8-9-15(22-17)16-7-3-4-11-25(16)18(26)13-6-5-10-21-12-13/h5-6,8-10,12,16H,3-4,7,11H2,1-2H3/t16-/m0/s1. The molecular formula is C20H21N5O3. The van der Waals surface area contributed by atoms with E-state index < -0.39 is 5.69 Å². The van der Waals surface area contributed by atoms with Crippen molar-refractivity contribution >= 4 is 16.9 Å². The van der Waals surface area contributed by atoms with Crippen molar-refractivity contribution in [2.24, 2.45) is 14.1 Å². The molecule has 0 bridgehead atoms. The summed E-state index contributed by atoms with van der Waals surface area (Å²) in [5, 5.41) is 0.384. The molecule has 0 unspecified atom stereocenters. The molecule has 4 heterocycles. The molecule has 3 aromatic rings. The van der Waals surface area contributed by atoms with Crippen LogP contribution in [0.5, 0.6) is 0 Å². The second kappa shape index (κ2) is 7.03. The molecule has 144 valence electrons. The molecule has 0 saturated carbocycles. The first-order chi connectivity index (χ1) is 13.5. The van der Waals surface area contributed by atoms with Gasteiger partial charge in [-0.2, -0.15) is 0 Å². The van der Waals surface area contributed by atoms with Crippen LogP contribution in [0.3, 0.4) is 0 Å². The lowest BCUT2D eigenvalue weighted by Gasteiger charge is -2.35. The molecule has 8 nitrogen and oxygen atoms in total. The Morgan fingerprint density at radius 3 is 2.68 bits per heavy atom. The number of nitrogens with zero attached hydrogens (tertiary/aromatic N) is 5. The summed E-state index contributed by atoms with van der Waals surface area (Å²) >= 11 is 0. The fraction of sp³-hybridized carbons (Fsp3) is 0.350. The highest BCUT2D eigenvalue weighted by Crippen LogP contribution is 2.31. The van der Waals surface area contributed by atoms with Crippen LogP contribution in [0.1, 0.15) is 41.4 Å². The lowest BCUT2D eigenvalue weighted by atomic mass is 9.97. The lowest BCUT2D eigenvalue weighted by Crippen LogP contribution is -2.40. The van der Waals surface area contributed by atoms with Crippen molar-refractivity contribution in [3.63, 3.8) is 0 Å². The summed E-state index contributed by atoms with van der Waals surface area (Å²) in [7, 11) is 3.05. The van der Waals surface area contributed by atoms with Crippen LogP contribution >= 0.6 is 0 Å². The molecule has 0 aromatic carbocycles. The van der Waals surface area contributed by atoms with Gasteiger partial charge in [-0.25, -0.2) is 9.78 Å². The fourth-order valence-corrected chi connectivity index (χ4v) is 3.79. The van der Waals surface area contributed by atoms with Crippen LogP contribution in [-0.2, 0) is 14.1 Å². The van der Waals surface area contributed by atoms with Gasteiger partial charge in [0.2, 0.25) is 0 Å². The van der Waals surface area contributed by atoms with E-state index in [1.54, 1.807) is 43.7 Å². The first-order valence-electron chi connectivity index (χ1n) is 9.26. The van der Waals surface area contributed by atoms with Gasteiger partial charge in [-0.1, -0.05) is 0 Å². The Kier molecular flexibility index (Phi) is 4.54. The second-order valence-electron chi connectivity index (χ2n) is 7.06. The van der Waals surface area contributed by atoms with Gasteiger partial charge in [0.05, 0.1) is 22.7 Å². The SMILES string of the molecule is Cn1c(=O)c2ccc([C@@H]3CCCCN3C(=O)c3cccnc3)nc2n(C)c1=O. The number of carbonyl (C=O) groups excluding carboxylic acids is 1. The van der Waals surface area contributed by atoms with E-state index in [-0.39, 0.29) is 17.5 Å². The van der Waals surface area contributed by atoms with Crippen LogP contribution in [-0.4, -0.2) is 36.5 Å². The number of aromatic nitrogens is 4. The molecule has 0 aliphatic carbocycles. The molecule has 4 rings (SSSR count). The van der Waals surface area contributed by atoms with Gasteiger partial charge in [0.15, 0.2) is 0 Å². The van der Waals surface area contributed by atoms with Crippen LogP contribution < -0.4 is 11.2 Å². The highest BCUT2D eigenvalue weighted by atomic mass is 16.2. The smallest absolute Gasteiger partial charge is 0.330 e. The van der Waals surface area contributed by atoms with Crippen molar-refractivity contribution in [2.75, 3.05) is 6.54 Å². The summed E-state index contributed by atoms with van der Waals surface area (Å²) < 4.78 is 2.44. The molecule has 0 spiro atoms. The molecule has 1 aliphatic rings. The van der Waals surface area contributed by atoms with Gasteiger partial charge in [0, 0.05) is 33.0 Å². The summed E-state index contributed by atoms with van der Waals surface area (Å²) in [6.07, 6.45) is 5.89. The Hall–Kier alpha value is -3.29. The van der Waals surface area contributed by atoms with Crippen LogP contribution in [0.2, 0.25) is 0 Å². The zero-order valence-corrected chi connectivity index (χ0v) is 15.8. The number of amides is 1. The van der Waals surface area contributed by atoms with E-state index in [0.717, 1.165) is 23.8 Å². The number of likely N-dealkylation sites (tertiary alicyclic amines) is 1. The molecule has 1 fully saturated rings. The van der Waals surface area contributed by atoms with Crippen LogP contribution in [0.25, 0.3) is 11.0 Å². The maximum atomic E-state index is 13.0. The minimum Gasteiger partial charge on any atom is -0.330 e. The molecule has 0 N–H and O–H groups in total. The monoisotopic (exact) mass is 379 g/mol. The van der Waals surface area contributed by atoms with Crippen LogP contribution in [0, 0.1) is 0 Å². The number of hydrogen-bond donors (Lipinski definition) is 0. The van der Waals surface area contributed by atoms with Gasteiger partial charge in [-0.05, 0) is 43.5 Å². The third kappa shape index (κ3) is 2.90. The summed E-state index contributed by atoms with van der Waals surface area (Å²) in [6.45, 7) is 0.633. The molecular weight excluding hydrogens is 358 g/mol. The first kappa shape index (κ1) is 18.1. The third-order valence-corrected chi connectivity index (χ3v) is 5.34. The lowest BCUT2D eigenvalue weighted by molar-refractivity contribution is 0.0606. The predicted molar refractivity (Wildman–Crippen MR) is 104 cm³/mol. The minimum atomic E-state index is -0.422. The van der Waals surface area contributed by atoms with Gasteiger partial charge < -0.3 is 4.90 Å². The van der Waals surface area contributed by atoms with Crippen molar-refractivity contribution in [3.8, 4) is 0 Å². The molecule has 1 saturated heterocycles. The normalized spacial score (nSPS) is 17.1. The third-order valence-electron chi connectivity index (χ3n) is 5.34. The van der Waals surface area contributed by atoms with E-state index >= 15 is 0 Å². The number of aryl methyl sites for hydroxylation is 1. The number of pyridine rings is 2. The molecule has 1 amide bonds. The minimum absolute atomic E-state index is 0.0856. The summed E-state index contributed by atoms with van der Waals surface area (Å²) in [5.41, 5.74) is 0.771. The topological polar surface area (TPSA) is 90.1 Å². The van der Waals surface area contributed by atoms with E-state index in [9.17, 15) is 14.4 Å². The summed E-state index contributed by atoms with van der Waals surface area (Å²) in [5.74, 6) is -0.0856. The largest absolute Gasteiger partial charge is 0.332 e. The number of hydrogen-bond acceptors (Lipinski definition) is 5. The highest BCUT2D eigenvalue weighted by Gasteiger charge is 2.30. The Morgan fingerprint density at radius 2 is 1.93 bits per heavy atom. The number of piperidine rings is 1. The van der Waals surface area contributed by atoms with E-state index in [1.807, 2.05) is 4.90 Å². The van der Waals surface area contributed by atoms with Gasteiger partial charge in [0.1, 0.15) is 5.65 Å². The highest BCUT2D eigenvalue weighted by molar-refractivity contribution is 5.94. The number of carbonyl (C=O) groups is 1. The number of rotatable bonds is 2. The van der Waals surface area contributed by atoms with Crippen molar-refractivity contribution in [2.45, 2.75) is 25.3 Å². The van der Waals surface area contributed by atoms with E-state index in [0.29, 0.717) is 28.8 Å². The van der Waals surface area contributed by atoms with Crippen molar-refractivity contribution in [1.29, 1.82) is 0 Å². The summed E-state index contributed by atoms with van der Waals surface area (Å²) in [4.78, 5) is 48.1.